The molecule has 0 aliphatic heterocycles. The molecule has 0 unspecified atom stereocenters. The summed E-state index contributed by atoms with van der Waals surface area (Å²) >= 11 is 23.6. The Hall–Kier alpha value is -0.670. The molecule has 1 aromatic heterocycles. The van der Waals surface area contributed by atoms with E-state index in [4.69, 9.17) is 46.4 Å². The van der Waals surface area contributed by atoms with Gasteiger partial charge in [-0.15, -0.1) is 0 Å². The van der Waals surface area contributed by atoms with Crippen LogP contribution in [-0.4, -0.2) is 10.1 Å². The molecule has 17 heavy (non-hydrogen) atoms. The van der Waals surface area contributed by atoms with Gasteiger partial charge in [0.05, 0.1) is 10.0 Å². The van der Waals surface area contributed by atoms with E-state index in [1.54, 1.807) is 6.07 Å². The average molecular weight is 309 g/mol. The third-order valence-corrected chi connectivity index (χ3v) is 3.25. The molecule has 0 atom stereocenters. The van der Waals surface area contributed by atoms with Crippen molar-refractivity contribution in [1.82, 2.24) is 4.98 Å². The Morgan fingerprint density at radius 3 is 2.18 bits per heavy atom. The van der Waals surface area contributed by atoms with E-state index in [9.17, 15) is 5.11 Å². The van der Waals surface area contributed by atoms with Gasteiger partial charge in [-0.05, 0) is 18.2 Å². The van der Waals surface area contributed by atoms with Crippen molar-refractivity contribution in [3.8, 4) is 16.9 Å². The van der Waals surface area contributed by atoms with Crippen LogP contribution in [0.2, 0.25) is 20.2 Å². The van der Waals surface area contributed by atoms with E-state index < -0.39 is 0 Å². The van der Waals surface area contributed by atoms with E-state index in [2.05, 4.69) is 4.98 Å². The third kappa shape index (κ3) is 2.45. The Balaban J connectivity index is 2.73. The molecule has 88 valence electrons. The first kappa shape index (κ1) is 12.8. The lowest BCUT2D eigenvalue weighted by atomic mass is 10.1. The maximum atomic E-state index is 9.82. The molecule has 1 N–H and O–H groups in total. The minimum absolute atomic E-state index is 0.00965. The number of halogens is 4. The van der Waals surface area contributed by atoms with Crippen molar-refractivity contribution in [3.63, 3.8) is 0 Å². The van der Waals surface area contributed by atoms with Crippen LogP contribution < -0.4 is 0 Å². The highest BCUT2D eigenvalue weighted by atomic mass is 35.5. The van der Waals surface area contributed by atoms with Gasteiger partial charge < -0.3 is 5.11 Å². The van der Waals surface area contributed by atoms with Crippen LogP contribution >= 0.6 is 46.4 Å². The van der Waals surface area contributed by atoms with Crippen LogP contribution in [0.4, 0.5) is 0 Å². The standard InChI is InChI=1S/C11H5Cl4NO/c12-5-3-7(13)9(8(14)4-5)6-1-2-16-11(15)10(6)17/h1-4,17H. The lowest BCUT2D eigenvalue weighted by Crippen LogP contribution is -1.86. The highest BCUT2D eigenvalue weighted by Crippen LogP contribution is 2.42. The van der Waals surface area contributed by atoms with Gasteiger partial charge >= 0.3 is 0 Å². The molecular formula is C11H5Cl4NO. The molecule has 2 nitrogen and oxygen atoms in total. The molecule has 0 fully saturated rings. The van der Waals surface area contributed by atoms with Crippen LogP contribution in [0, 0.1) is 0 Å². The predicted octanol–water partition coefficient (Wildman–Crippen LogP) is 5.07. The Morgan fingerprint density at radius 1 is 1.00 bits per heavy atom. The van der Waals surface area contributed by atoms with Crippen molar-refractivity contribution in [1.29, 1.82) is 0 Å². The van der Waals surface area contributed by atoms with Crippen molar-refractivity contribution in [2.45, 2.75) is 0 Å². The fourth-order valence-corrected chi connectivity index (χ4v) is 2.61. The summed E-state index contributed by atoms with van der Waals surface area (Å²) in [5.74, 6) is -0.166. The first-order chi connectivity index (χ1) is 8.00. The van der Waals surface area contributed by atoms with Gasteiger partial charge in [0.2, 0.25) is 0 Å². The summed E-state index contributed by atoms with van der Waals surface area (Å²) in [6.45, 7) is 0. The number of pyridine rings is 1. The number of aromatic hydroxyl groups is 1. The highest BCUT2D eigenvalue weighted by molar-refractivity contribution is 6.42. The fourth-order valence-electron chi connectivity index (χ4n) is 1.43. The molecule has 0 radical (unpaired) electrons. The Morgan fingerprint density at radius 2 is 1.59 bits per heavy atom. The van der Waals surface area contributed by atoms with Gasteiger partial charge in [0, 0.05) is 22.3 Å². The van der Waals surface area contributed by atoms with Gasteiger partial charge in [-0.3, -0.25) is 0 Å². The van der Waals surface area contributed by atoms with Crippen LogP contribution in [0.1, 0.15) is 0 Å². The summed E-state index contributed by atoms with van der Waals surface area (Å²) in [4.78, 5) is 3.74. The topological polar surface area (TPSA) is 33.1 Å². The number of hydrogen-bond donors (Lipinski definition) is 1. The van der Waals surface area contributed by atoms with Gasteiger partial charge in [-0.25, -0.2) is 4.98 Å². The predicted molar refractivity (Wildman–Crippen MR) is 71.4 cm³/mol. The van der Waals surface area contributed by atoms with Crippen LogP contribution in [0.5, 0.6) is 5.75 Å². The van der Waals surface area contributed by atoms with Gasteiger partial charge in [0.1, 0.15) is 0 Å². The van der Waals surface area contributed by atoms with Gasteiger partial charge in [-0.2, -0.15) is 0 Å². The first-order valence-electron chi connectivity index (χ1n) is 4.49. The second kappa shape index (κ2) is 4.91. The van der Waals surface area contributed by atoms with E-state index in [-0.39, 0.29) is 10.9 Å². The minimum Gasteiger partial charge on any atom is -0.504 e. The van der Waals surface area contributed by atoms with E-state index in [0.717, 1.165) is 0 Å². The van der Waals surface area contributed by atoms with Gasteiger partial charge in [0.15, 0.2) is 10.9 Å². The third-order valence-electron chi connectivity index (χ3n) is 2.16. The summed E-state index contributed by atoms with van der Waals surface area (Å²) in [7, 11) is 0. The van der Waals surface area contributed by atoms with Crippen molar-refractivity contribution >= 4 is 46.4 Å². The Labute approximate surface area is 118 Å². The smallest absolute Gasteiger partial charge is 0.171 e. The van der Waals surface area contributed by atoms with Crippen LogP contribution in [-0.2, 0) is 0 Å². The molecule has 6 heteroatoms. The summed E-state index contributed by atoms with van der Waals surface area (Å²) in [6.07, 6.45) is 1.46. The molecule has 0 bridgehead atoms. The Bertz CT molecular complexity index is 563. The zero-order valence-electron chi connectivity index (χ0n) is 8.22. The van der Waals surface area contributed by atoms with Crippen LogP contribution in [0.25, 0.3) is 11.1 Å². The monoisotopic (exact) mass is 307 g/mol. The molecule has 0 aliphatic rings. The molecule has 1 heterocycles. The number of rotatable bonds is 1. The van der Waals surface area contributed by atoms with Crippen molar-refractivity contribution < 1.29 is 5.11 Å². The van der Waals surface area contributed by atoms with Crippen molar-refractivity contribution in [2.24, 2.45) is 0 Å². The number of hydrogen-bond acceptors (Lipinski definition) is 2. The maximum absolute atomic E-state index is 9.82. The molecule has 2 aromatic rings. The molecule has 0 saturated carbocycles. The zero-order chi connectivity index (χ0) is 12.6. The summed E-state index contributed by atoms with van der Waals surface area (Å²) < 4.78 is 0. The second-order valence-electron chi connectivity index (χ2n) is 3.24. The summed E-state index contributed by atoms with van der Waals surface area (Å²) in [5.41, 5.74) is 0.885. The molecule has 2 rings (SSSR count). The van der Waals surface area contributed by atoms with Crippen molar-refractivity contribution in [3.05, 3.63) is 44.6 Å². The molecule has 0 amide bonds. The molecular weight excluding hydrogens is 304 g/mol. The van der Waals surface area contributed by atoms with E-state index >= 15 is 0 Å². The first-order valence-corrected chi connectivity index (χ1v) is 6.00. The quantitative estimate of drug-likeness (QED) is 0.746. The number of aromatic nitrogens is 1. The molecule has 1 aromatic carbocycles. The molecule has 0 aliphatic carbocycles. The van der Waals surface area contributed by atoms with Gasteiger partial charge in [-0.1, -0.05) is 46.4 Å². The maximum Gasteiger partial charge on any atom is 0.171 e. The molecule has 0 saturated heterocycles. The normalized spacial score (nSPS) is 10.6. The summed E-state index contributed by atoms with van der Waals surface area (Å²) in [6, 6.07) is 4.65. The van der Waals surface area contributed by atoms with Crippen molar-refractivity contribution in [2.75, 3.05) is 0 Å². The lowest BCUT2D eigenvalue weighted by molar-refractivity contribution is 0.475. The lowest BCUT2D eigenvalue weighted by Gasteiger charge is -2.10. The second-order valence-corrected chi connectivity index (χ2v) is 4.85. The average Bonchev–Trinajstić information content (AvgIpc) is 2.23. The fraction of sp³-hybridized carbons (Fsp3) is 0. The largest absolute Gasteiger partial charge is 0.504 e. The van der Waals surface area contributed by atoms with E-state index in [0.29, 0.717) is 26.2 Å². The van der Waals surface area contributed by atoms with E-state index in [1.807, 2.05) is 0 Å². The molecule has 0 spiro atoms. The Kier molecular flexibility index (Phi) is 3.69. The number of benzene rings is 1. The SMILES string of the molecule is Oc1c(-c2c(Cl)cc(Cl)cc2Cl)ccnc1Cl. The number of nitrogens with zero attached hydrogens (tertiary/aromatic N) is 1. The van der Waals surface area contributed by atoms with Gasteiger partial charge in [0.25, 0.3) is 0 Å². The highest BCUT2D eigenvalue weighted by Gasteiger charge is 2.15. The summed E-state index contributed by atoms with van der Waals surface area (Å²) in [5, 5.41) is 10.9. The van der Waals surface area contributed by atoms with Crippen LogP contribution in [0.3, 0.4) is 0 Å². The van der Waals surface area contributed by atoms with E-state index in [1.165, 1.54) is 18.3 Å². The van der Waals surface area contributed by atoms with Crippen LogP contribution in [0.15, 0.2) is 24.4 Å². The minimum atomic E-state index is -0.166. The zero-order valence-corrected chi connectivity index (χ0v) is 11.2.